The minimum absolute atomic E-state index is 0.0578. The van der Waals surface area contributed by atoms with Gasteiger partial charge in [0, 0.05) is 25.2 Å². The number of halogens is 3. The highest BCUT2D eigenvalue weighted by molar-refractivity contribution is 6.30. The van der Waals surface area contributed by atoms with Crippen LogP contribution in [0, 0.1) is 29.6 Å². The van der Waals surface area contributed by atoms with Crippen LogP contribution >= 0.6 is 11.6 Å². The molecule has 0 atom stereocenters. The smallest absolute Gasteiger partial charge is 0.272 e. The zero-order valence-electron chi connectivity index (χ0n) is 17.3. The highest BCUT2D eigenvalue weighted by Gasteiger charge is 2.44. The van der Waals surface area contributed by atoms with E-state index in [9.17, 15) is 19.3 Å². The van der Waals surface area contributed by atoms with Gasteiger partial charge in [-0.1, -0.05) is 11.6 Å². The highest BCUT2D eigenvalue weighted by Crippen LogP contribution is 2.40. The normalized spacial score (nSPS) is 16.7. The molecular formula is C21H20ClF2N7O. The van der Waals surface area contributed by atoms with Gasteiger partial charge in [-0.15, -0.1) is 0 Å². The Morgan fingerprint density at radius 2 is 2.09 bits per heavy atom. The Hall–Kier alpha value is -3.08. The Balaban J connectivity index is 1.54. The van der Waals surface area contributed by atoms with Crippen molar-refractivity contribution in [3.05, 3.63) is 39.4 Å². The third kappa shape index (κ3) is 4.57. The SMILES string of the molecule is Cc1nc(OCC(F)F)cnc1CN1CCc2c(NC3(C#N)CC3)nc(Cl)c(C#N)c2C1. The molecule has 32 heavy (non-hydrogen) atoms. The number of aromatic nitrogens is 3. The zero-order chi connectivity index (χ0) is 22.9. The molecule has 2 aromatic rings. The zero-order valence-corrected chi connectivity index (χ0v) is 18.1. The number of alkyl halides is 2. The molecule has 1 fully saturated rings. The monoisotopic (exact) mass is 459 g/mol. The van der Waals surface area contributed by atoms with E-state index in [-0.39, 0.29) is 11.0 Å². The predicted molar refractivity (Wildman–Crippen MR) is 111 cm³/mol. The maximum Gasteiger partial charge on any atom is 0.272 e. The third-order valence-corrected chi connectivity index (χ3v) is 5.89. The molecule has 0 amide bonds. The Labute approximate surface area is 188 Å². The first-order valence-corrected chi connectivity index (χ1v) is 10.5. The average Bonchev–Trinajstić information content (AvgIpc) is 3.54. The van der Waals surface area contributed by atoms with Crippen molar-refractivity contribution in [1.82, 2.24) is 19.9 Å². The first-order valence-electron chi connectivity index (χ1n) is 10.1. The van der Waals surface area contributed by atoms with Crippen molar-refractivity contribution < 1.29 is 13.5 Å². The molecule has 0 spiro atoms. The number of hydrogen-bond donors (Lipinski definition) is 1. The minimum atomic E-state index is -2.58. The van der Waals surface area contributed by atoms with Gasteiger partial charge in [-0.3, -0.25) is 9.88 Å². The van der Waals surface area contributed by atoms with Crippen LogP contribution in [0.4, 0.5) is 14.6 Å². The molecule has 0 aromatic carbocycles. The van der Waals surface area contributed by atoms with Crippen molar-refractivity contribution >= 4 is 17.4 Å². The summed E-state index contributed by atoms with van der Waals surface area (Å²) >= 11 is 6.30. The van der Waals surface area contributed by atoms with Crippen LogP contribution in [-0.4, -0.2) is 45.0 Å². The quantitative estimate of drug-likeness (QED) is 0.627. The van der Waals surface area contributed by atoms with E-state index in [1.165, 1.54) is 6.20 Å². The van der Waals surface area contributed by atoms with Crippen molar-refractivity contribution in [2.24, 2.45) is 0 Å². The first kappa shape index (κ1) is 22.1. The van der Waals surface area contributed by atoms with Gasteiger partial charge < -0.3 is 10.1 Å². The van der Waals surface area contributed by atoms with Crippen LogP contribution in [0.1, 0.15) is 40.9 Å². The van der Waals surface area contributed by atoms with Gasteiger partial charge in [0.05, 0.1) is 29.2 Å². The number of nitrogens with zero attached hydrogens (tertiary/aromatic N) is 6. The average molecular weight is 460 g/mol. The van der Waals surface area contributed by atoms with E-state index >= 15 is 0 Å². The number of anilines is 1. The van der Waals surface area contributed by atoms with Crippen molar-refractivity contribution in [1.29, 1.82) is 10.5 Å². The molecular weight excluding hydrogens is 440 g/mol. The number of aryl methyl sites for hydroxylation is 1. The number of ether oxygens (including phenoxy) is 1. The fourth-order valence-corrected chi connectivity index (χ4v) is 3.94. The summed E-state index contributed by atoms with van der Waals surface area (Å²) in [7, 11) is 0. The molecule has 0 unspecified atom stereocenters. The fraction of sp³-hybridized carbons (Fsp3) is 0.476. The standard InChI is InChI=1S/C21H20ClF2N7O/c1-12-16(27-7-18(28-12)32-10-17(23)24)9-31-5-2-13-15(8-31)14(6-25)19(22)29-20(13)30-21(11-26)3-4-21/h7,17H,2-5,8-10H2,1H3,(H,29,30). The third-order valence-electron chi connectivity index (χ3n) is 5.62. The molecule has 4 rings (SSSR count). The van der Waals surface area contributed by atoms with Gasteiger partial charge in [-0.05, 0) is 31.7 Å². The van der Waals surface area contributed by atoms with Crippen LogP contribution in [-0.2, 0) is 19.5 Å². The van der Waals surface area contributed by atoms with Crippen molar-refractivity contribution in [3.8, 4) is 18.0 Å². The lowest BCUT2D eigenvalue weighted by atomic mass is 9.96. The van der Waals surface area contributed by atoms with Gasteiger partial charge >= 0.3 is 0 Å². The second-order valence-corrected chi connectivity index (χ2v) is 8.28. The lowest BCUT2D eigenvalue weighted by Gasteiger charge is -2.31. The summed E-state index contributed by atoms with van der Waals surface area (Å²) in [6.45, 7) is 2.62. The second-order valence-electron chi connectivity index (χ2n) is 7.92. The maximum absolute atomic E-state index is 12.3. The number of fused-ring (bicyclic) bond motifs is 1. The molecule has 2 aliphatic rings. The first-order chi connectivity index (χ1) is 15.3. The Kier molecular flexibility index (Phi) is 6.09. The lowest BCUT2D eigenvalue weighted by molar-refractivity contribution is 0.0792. The topological polar surface area (TPSA) is 111 Å². The van der Waals surface area contributed by atoms with Crippen molar-refractivity contribution in [2.45, 2.75) is 51.2 Å². The van der Waals surface area contributed by atoms with Gasteiger partial charge in [0.2, 0.25) is 5.88 Å². The largest absolute Gasteiger partial charge is 0.470 e. The number of rotatable bonds is 7. The summed E-state index contributed by atoms with van der Waals surface area (Å²) in [5.74, 6) is 0.626. The molecule has 1 N–H and O–H groups in total. The van der Waals surface area contributed by atoms with Crippen LogP contribution in [0.5, 0.6) is 5.88 Å². The number of nitrogens with one attached hydrogen (secondary N) is 1. The molecule has 8 nitrogen and oxygen atoms in total. The molecule has 0 radical (unpaired) electrons. The highest BCUT2D eigenvalue weighted by atomic mass is 35.5. The summed E-state index contributed by atoms with van der Waals surface area (Å²) in [5.41, 5.74) is 2.70. The fourth-order valence-electron chi connectivity index (χ4n) is 3.69. The molecule has 166 valence electrons. The van der Waals surface area contributed by atoms with E-state index in [0.717, 1.165) is 24.0 Å². The lowest BCUT2D eigenvalue weighted by Crippen LogP contribution is -2.33. The Bertz CT molecular complexity index is 1120. The molecule has 1 aliphatic carbocycles. The summed E-state index contributed by atoms with van der Waals surface area (Å²) in [5, 5.41) is 22.4. The van der Waals surface area contributed by atoms with Crippen molar-refractivity contribution in [3.63, 3.8) is 0 Å². The van der Waals surface area contributed by atoms with E-state index in [2.05, 4.69) is 37.3 Å². The van der Waals surface area contributed by atoms with Gasteiger partial charge in [0.25, 0.3) is 6.43 Å². The van der Waals surface area contributed by atoms with Crippen LogP contribution in [0.25, 0.3) is 0 Å². The Morgan fingerprint density at radius 1 is 1.31 bits per heavy atom. The summed E-state index contributed by atoms with van der Waals surface area (Å²) in [4.78, 5) is 15.0. The Morgan fingerprint density at radius 3 is 2.72 bits per heavy atom. The van der Waals surface area contributed by atoms with Crippen LogP contribution in [0.15, 0.2) is 6.20 Å². The second kappa shape index (κ2) is 8.81. The van der Waals surface area contributed by atoms with E-state index in [1.807, 2.05) is 0 Å². The summed E-state index contributed by atoms with van der Waals surface area (Å²) in [6.07, 6.45) is 0.878. The van der Waals surface area contributed by atoms with Gasteiger partial charge in [0.15, 0.2) is 6.61 Å². The van der Waals surface area contributed by atoms with Crippen LogP contribution in [0.2, 0.25) is 5.15 Å². The van der Waals surface area contributed by atoms with Gasteiger partial charge in [-0.2, -0.15) is 10.5 Å². The molecule has 0 saturated heterocycles. The molecule has 1 aliphatic heterocycles. The number of nitriles is 2. The number of pyridine rings is 1. The van der Waals surface area contributed by atoms with Gasteiger partial charge in [-0.25, -0.2) is 18.7 Å². The minimum Gasteiger partial charge on any atom is -0.470 e. The number of hydrogen-bond acceptors (Lipinski definition) is 8. The molecule has 3 heterocycles. The van der Waals surface area contributed by atoms with E-state index in [0.29, 0.717) is 48.8 Å². The molecule has 2 aromatic heterocycles. The predicted octanol–water partition coefficient (Wildman–Crippen LogP) is 3.38. The van der Waals surface area contributed by atoms with E-state index in [1.54, 1.807) is 6.92 Å². The van der Waals surface area contributed by atoms with Crippen molar-refractivity contribution in [2.75, 3.05) is 18.5 Å². The van der Waals surface area contributed by atoms with Gasteiger partial charge in [0.1, 0.15) is 22.6 Å². The molecule has 0 bridgehead atoms. The summed E-state index contributed by atoms with van der Waals surface area (Å²) in [6, 6.07) is 4.44. The van der Waals surface area contributed by atoms with Crippen LogP contribution < -0.4 is 10.1 Å². The van der Waals surface area contributed by atoms with E-state index in [4.69, 9.17) is 16.3 Å². The summed E-state index contributed by atoms with van der Waals surface area (Å²) < 4.78 is 29.6. The maximum atomic E-state index is 12.3. The van der Waals surface area contributed by atoms with E-state index < -0.39 is 18.6 Å². The van der Waals surface area contributed by atoms with Crippen LogP contribution in [0.3, 0.4) is 0 Å². The molecule has 1 saturated carbocycles. The molecule has 11 heteroatoms.